The molecule has 1 aromatic heterocycles. The number of aromatic nitrogens is 1. The van der Waals surface area contributed by atoms with Crippen LogP contribution in [0.3, 0.4) is 0 Å². The second kappa shape index (κ2) is 6.93. The quantitative estimate of drug-likeness (QED) is 0.771. The highest BCUT2D eigenvalue weighted by Crippen LogP contribution is 2.30. The van der Waals surface area contributed by atoms with Crippen molar-refractivity contribution in [1.29, 1.82) is 0 Å². The van der Waals surface area contributed by atoms with Gasteiger partial charge in [0.2, 0.25) is 0 Å². The van der Waals surface area contributed by atoms with E-state index in [0.717, 1.165) is 33.5 Å². The molecule has 1 heterocycles. The van der Waals surface area contributed by atoms with Crippen molar-refractivity contribution in [2.45, 2.75) is 26.8 Å². The van der Waals surface area contributed by atoms with E-state index >= 15 is 0 Å². The fraction of sp³-hybridized carbons (Fsp3) is 0.238. The zero-order valence-electron chi connectivity index (χ0n) is 15.0. The molecule has 0 unspecified atom stereocenters. The smallest absolute Gasteiger partial charge is 0.252 e. The van der Waals surface area contributed by atoms with Gasteiger partial charge in [-0.25, -0.2) is 4.98 Å². The number of hydrogen-bond acceptors (Lipinski definition) is 3. The lowest BCUT2D eigenvalue weighted by Crippen LogP contribution is -2.31. The summed E-state index contributed by atoms with van der Waals surface area (Å²) in [5.74, 6) is 0.723. The van der Waals surface area contributed by atoms with E-state index in [9.17, 15) is 4.79 Å². The maximum Gasteiger partial charge on any atom is 0.252 e. The van der Waals surface area contributed by atoms with Crippen LogP contribution in [0.25, 0.3) is 22.2 Å². The Balaban J connectivity index is 2.22. The largest absolute Gasteiger partial charge is 0.497 e. The van der Waals surface area contributed by atoms with Crippen molar-refractivity contribution in [2.24, 2.45) is 0 Å². The number of ether oxygens (including phenoxy) is 1. The van der Waals surface area contributed by atoms with E-state index < -0.39 is 0 Å². The fourth-order valence-electron chi connectivity index (χ4n) is 2.96. The molecule has 0 atom stereocenters. The highest BCUT2D eigenvalue weighted by Gasteiger charge is 2.19. The number of fused-ring (bicyclic) bond motifs is 1. The molecule has 3 aromatic rings. The number of benzene rings is 2. The number of nitrogens with one attached hydrogen (secondary N) is 1. The lowest BCUT2D eigenvalue weighted by molar-refractivity contribution is 0.0944. The lowest BCUT2D eigenvalue weighted by Gasteiger charge is -2.16. The van der Waals surface area contributed by atoms with E-state index in [4.69, 9.17) is 9.72 Å². The molecule has 25 heavy (non-hydrogen) atoms. The number of hydrogen-bond donors (Lipinski definition) is 1. The van der Waals surface area contributed by atoms with Gasteiger partial charge in [0.1, 0.15) is 5.75 Å². The zero-order chi connectivity index (χ0) is 18.0. The van der Waals surface area contributed by atoms with E-state index in [-0.39, 0.29) is 11.9 Å². The summed E-state index contributed by atoms with van der Waals surface area (Å²) < 4.78 is 5.23. The summed E-state index contributed by atoms with van der Waals surface area (Å²) in [7, 11) is 1.64. The van der Waals surface area contributed by atoms with Crippen LogP contribution in [0.2, 0.25) is 0 Å². The zero-order valence-corrected chi connectivity index (χ0v) is 15.0. The van der Waals surface area contributed by atoms with Gasteiger partial charge in [-0.3, -0.25) is 4.79 Å². The van der Waals surface area contributed by atoms with Crippen molar-refractivity contribution in [3.05, 3.63) is 59.7 Å². The molecule has 0 radical (unpaired) electrons. The Hall–Kier alpha value is -2.88. The van der Waals surface area contributed by atoms with Crippen molar-refractivity contribution in [2.75, 3.05) is 7.11 Å². The number of pyridine rings is 1. The molecule has 0 aliphatic rings. The third kappa shape index (κ3) is 3.33. The van der Waals surface area contributed by atoms with Gasteiger partial charge in [-0.15, -0.1) is 0 Å². The number of methoxy groups -OCH3 is 1. The Morgan fingerprint density at radius 1 is 1.08 bits per heavy atom. The minimum atomic E-state index is -0.0686. The van der Waals surface area contributed by atoms with E-state index in [2.05, 4.69) is 5.32 Å². The first-order chi connectivity index (χ1) is 12.0. The molecule has 0 saturated heterocycles. The number of rotatable bonds is 4. The maximum atomic E-state index is 12.8. The predicted octanol–water partition coefficient (Wildman–Crippen LogP) is 4.36. The minimum Gasteiger partial charge on any atom is -0.497 e. The fourth-order valence-corrected chi connectivity index (χ4v) is 2.96. The molecule has 0 spiro atoms. The van der Waals surface area contributed by atoms with Crippen molar-refractivity contribution in [3.8, 4) is 17.0 Å². The summed E-state index contributed by atoms with van der Waals surface area (Å²) in [5.41, 5.74) is 4.15. The minimum absolute atomic E-state index is 0.0686. The second-order valence-electron chi connectivity index (χ2n) is 6.33. The Morgan fingerprint density at radius 3 is 2.40 bits per heavy atom. The third-order valence-corrected chi connectivity index (χ3v) is 4.15. The molecule has 4 nitrogen and oxygen atoms in total. The van der Waals surface area contributed by atoms with E-state index in [1.54, 1.807) is 7.11 Å². The van der Waals surface area contributed by atoms with Crippen molar-refractivity contribution in [3.63, 3.8) is 0 Å². The van der Waals surface area contributed by atoms with Gasteiger partial charge in [0.25, 0.3) is 5.91 Å². The molecule has 1 N–H and O–H groups in total. The molecule has 0 bridgehead atoms. The highest BCUT2D eigenvalue weighted by molar-refractivity contribution is 6.09. The number of para-hydroxylation sites is 1. The first-order valence-electron chi connectivity index (χ1n) is 8.36. The Labute approximate surface area is 147 Å². The second-order valence-corrected chi connectivity index (χ2v) is 6.33. The first-order valence-corrected chi connectivity index (χ1v) is 8.36. The van der Waals surface area contributed by atoms with Gasteiger partial charge >= 0.3 is 0 Å². The SMILES string of the molecule is COc1ccc(-c2nc3ccccc3c(C(=O)NC(C)C)c2C)cc1. The molecular formula is C21H22N2O2. The van der Waals surface area contributed by atoms with Crippen molar-refractivity contribution < 1.29 is 9.53 Å². The van der Waals surface area contributed by atoms with Crippen LogP contribution in [-0.2, 0) is 0 Å². The van der Waals surface area contributed by atoms with Gasteiger partial charge in [0, 0.05) is 17.0 Å². The summed E-state index contributed by atoms with van der Waals surface area (Å²) >= 11 is 0. The monoisotopic (exact) mass is 334 g/mol. The standard InChI is InChI=1S/C21H22N2O2/c1-13(2)22-21(24)19-14(3)20(15-9-11-16(25-4)12-10-15)23-18-8-6-5-7-17(18)19/h5-13H,1-4H3,(H,22,24). The molecule has 0 aliphatic heterocycles. The normalized spacial score (nSPS) is 10.9. The molecule has 128 valence electrons. The Morgan fingerprint density at radius 2 is 1.76 bits per heavy atom. The first kappa shape index (κ1) is 17.0. The van der Waals surface area contributed by atoms with Crippen LogP contribution in [-0.4, -0.2) is 24.0 Å². The van der Waals surface area contributed by atoms with Gasteiger partial charge in [0.15, 0.2) is 0 Å². The van der Waals surface area contributed by atoms with Gasteiger partial charge in [-0.1, -0.05) is 18.2 Å². The Bertz CT molecular complexity index is 915. The van der Waals surface area contributed by atoms with Crippen molar-refractivity contribution in [1.82, 2.24) is 10.3 Å². The van der Waals surface area contributed by atoms with Crippen LogP contribution in [0, 0.1) is 6.92 Å². The van der Waals surface area contributed by atoms with Crippen LogP contribution in [0.5, 0.6) is 5.75 Å². The molecule has 1 amide bonds. The van der Waals surface area contributed by atoms with Gasteiger partial charge < -0.3 is 10.1 Å². The Kier molecular flexibility index (Phi) is 4.70. The van der Waals surface area contributed by atoms with Crippen molar-refractivity contribution >= 4 is 16.8 Å². The predicted molar refractivity (Wildman–Crippen MR) is 101 cm³/mol. The molecule has 4 heteroatoms. The highest BCUT2D eigenvalue weighted by atomic mass is 16.5. The summed E-state index contributed by atoms with van der Waals surface area (Å²) in [4.78, 5) is 17.6. The number of amides is 1. The number of carbonyl (C=O) groups excluding carboxylic acids is 1. The van der Waals surface area contributed by atoms with Crippen LogP contribution < -0.4 is 10.1 Å². The van der Waals surface area contributed by atoms with E-state index in [1.807, 2.05) is 69.3 Å². The average molecular weight is 334 g/mol. The number of nitrogens with zero attached hydrogens (tertiary/aromatic N) is 1. The van der Waals surface area contributed by atoms with Gasteiger partial charge in [0.05, 0.1) is 23.9 Å². The van der Waals surface area contributed by atoms with Crippen LogP contribution >= 0.6 is 0 Å². The van der Waals surface area contributed by atoms with Crippen LogP contribution in [0.15, 0.2) is 48.5 Å². The average Bonchev–Trinajstić information content (AvgIpc) is 2.60. The summed E-state index contributed by atoms with van der Waals surface area (Å²) in [6.07, 6.45) is 0. The molecule has 0 fully saturated rings. The lowest BCUT2D eigenvalue weighted by atomic mass is 9.97. The van der Waals surface area contributed by atoms with Gasteiger partial charge in [-0.2, -0.15) is 0 Å². The summed E-state index contributed by atoms with van der Waals surface area (Å²) in [6.45, 7) is 5.87. The number of carbonyl (C=O) groups is 1. The third-order valence-electron chi connectivity index (χ3n) is 4.15. The molecule has 2 aromatic carbocycles. The molecule has 3 rings (SSSR count). The van der Waals surface area contributed by atoms with E-state index in [1.165, 1.54) is 0 Å². The summed E-state index contributed by atoms with van der Waals surface area (Å²) in [5, 5.41) is 3.87. The summed E-state index contributed by atoms with van der Waals surface area (Å²) in [6, 6.07) is 15.6. The topological polar surface area (TPSA) is 51.2 Å². The van der Waals surface area contributed by atoms with Crippen LogP contribution in [0.4, 0.5) is 0 Å². The van der Waals surface area contributed by atoms with Gasteiger partial charge in [-0.05, 0) is 56.7 Å². The molecular weight excluding hydrogens is 312 g/mol. The van der Waals surface area contributed by atoms with Crippen LogP contribution in [0.1, 0.15) is 29.8 Å². The maximum absolute atomic E-state index is 12.8. The molecule has 0 aliphatic carbocycles. The molecule has 0 saturated carbocycles. The van der Waals surface area contributed by atoms with E-state index in [0.29, 0.717) is 5.56 Å².